The van der Waals surface area contributed by atoms with Crippen molar-refractivity contribution in [1.82, 2.24) is 15.0 Å². The molecule has 0 spiro atoms. The summed E-state index contributed by atoms with van der Waals surface area (Å²) >= 11 is 3.31. The van der Waals surface area contributed by atoms with Gasteiger partial charge in [0.25, 0.3) is 5.56 Å². The van der Waals surface area contributed by atoms with Gasteiger partial charge in [0, 0.05) is 11.6 Å². The Morgan fingerprint density at radius 1 is 1.32 bits per heavy atom. The molecule has 0 aliphatic rings. The van der Waals surface area contributed by atoms with Gasteiger partial charge in [0.15, 0.2) is 5.82 Å². The van der Waals surface area contributed by atoms with Crippen LogP contribution >= 0.6 is 15.9 Å². The van der Waals surface area contributed by atoms with Gasteiger partial charge in [0.1, 0.15) is 10.2 Å². The van der Waals surface area contributed by atoms with Crippen LogP contribution in [0, 0.1) is 6.92 Å². The van der Waals surface area contributed by atoms with E-state index < -0.39 is 0 Å². The lowest BCUT2D eigenvalue weighted by molar-refractivity contribution is 0.562. The number of aryl methyl sites for hydroxylation is 1. The number of nitrogens with zero attached hydrogens (tertiary/aromatic N) is 2. The van der Waals surface area contributed by atoms with Crippen LogP contribution in [0.3, 0.4) is 0 Å². The van der Waals surface area contributed by atoms with Gasteiger partial charge < -0.3 is 4.98 Å². The van der Waals surface area contributed by atoms with Crippen molar-refractivity contribution in [3.8, 4) is 11.5 Å². The molecule has 19 heavy (non-hydrogen) atoms. The zero-order chi connectivity index (χ0) is 14.2. The maximum absolute atomic E-state index is 12.0. The summed E-state index contributed by atoms with van der Waals surface area (Å²) in [6.07, 6.45) is 1.70. The van der Waals surface area contributed by atoms with Crippen molar-refractivity contribution in [1.29, 1.82) is 0 Å². The van der Waals surface area contributed by atoms with E-state index in [0.29, 0.717) is 16.0 Å². The molecule has 2 heterocycles. The first-order chi connectivity index (χ1) is 8.80. The van der Waals surface area contributed by atoms with Crippen LogP contribution in [0.25, 0.3) is 11.5 Å². The van der Waals surface area contributed by atoms with Crippen molar-refractivity contribution in [3.05, 3.63) is 44.4 Å². The van der Waals surface area contributed by atoms with Gasteiger partial charge in [0.2, 0.25) is 0 Å². The third-order valence-corrected chi connectivity index (χ3v) is 3.54. The zero-order valence-electron chi connectivity index (χ0n) is 11.4. The van der Waals surface area contributed by atoms with Gasteiger partial charge in [-0.15, -0.1) is 0 Å². The quantitative estimate of drug-likeness (QED) is 0.877. The van der Waals surface area contributed by atoms with Gasteiger partial charge in [-0.2, -0.15) is 0 Å². The first-order valence-corrected chi connectivity index (χ1v) is 6.82. The van der Waals surface area contributed by atoms with Gasteiger partial charge in [-0.1, -0.05) is 26.8 Å². The van der Waals surface area contributed by atoms with Crippen LogP contribution in [-0.4, -0.2) is 15.0 Å². The molecular weight excluding hydrogens is 306 g/mol. The Balaban J connectivity index is 2.71. The smallest absolute Gasteiger partial charge is 0.265 e. The topological polar surface area (TPSA) is 58.6 Å². The molecule has 0 atom stereocenters. The van der Waals surface area contributed by atoms with Gasteiger partial charge in [0.05, 0.1) is 5.69 Å². The molecule has 1 N–H and O–H groups in total. The maximum Gasteiger partial charge on any atom is 0.265 e. The Labute approximate surface area is 120 Å². The SMILES string of the molecule is Cc1cccnc1-c1nc(C(C)(C)C)c(Br)c(=O)[nH]1. The number of H-pyrrole nitrogens is 1. The molecule has 0 amide bonds. The molecule has 2 aromatic heterocycles. The van der Waals surface area contributed by atoms with E-state index in [-0.39, 0.29) is 11.0 Å². The fraction of sp³-hybridized carbons (Fsp3) is 0.357. The van der Waals surface area contributed by atoms with Gasteiger partial charge >= 0.3 is 0 Å². The van der Waals surface area contributed by atoms with Crippen LogP contribution < -0.4 is 5.56 Å². The molecule has 0 saturated carbocycles. The summed E-state index contributed by atoms with van der Waals surface area (Å²) < 4.78 is 0.484. The molecule has 0 bridgehead atoms. The van der Waals surface area contributed by atoms with E-state index in [1.54, 1.807) is 6.20 Å². The number of halogens is 1. The predicted molar refractivity (Wildman–Crippen MR) is 79.2 cm³/mol. The largest absolute Gasteiger partial charge is 0.304 e. The lowest BCUT2D eigenvalue weighted by Crippen LogP contribution is -2.22. The molecule has 0 unspecified atom stereocenters. The van der Waals surface area contributed by atoms with Crippen molar-refractivity contribution in [3.63, 3.8) is 0 Å². The molecule has 0 radical (unpaired) electrons. The molecule has 0 fully saturated rings. The fourth-order valence-corrected chi connectivity index (χ4v) is 2.58. The van der Waals surface area contributed by atoms with Crippen LogP contribution in [0.5, 0.6) is 0 Å². The van der Waals surface area contributed by atoms with Gasteiger partial charge in [-0.3, -0.25) is 9.78 Å². The van der Waals surface area contributed by atoms with Crippen molar-refractivity contribution in [2.45, 2.75) is 33.1 Å². The number of hydrogen-bond donors (Lipinski definition) is 1. The van der Waals surface area contributed by atoms with E-state index in [0.717, 1.165) is 11.3 Å². The van der Waals surface area contributed by atoms with E-state index in [4.69, 9.17) is 0 Å². The van der Waals surface area contributed by atoms with Crippen LogP contribution in [0.1, 0.15) is 32.0 Å². The fourth-order valence-electron chi connectivity index (χ4n) is 1.80. The highest BCUT2D eigenvalue weighted by Gasteiger charge is 2.22. The van der Waals surface area contributed by atoms with Crippen LogP contribution in [-0.2, 0) is 5.41 Å². The Bertz CT molecular complexity index is 671. The second-order valence-corrected chi connectivity index (χ2v) is 6.29. The first kappa shape index (κ1) is 13.9. The molecule has 0 aliphatic carbocycles. The Morgan fingerprint density at radius 2 is 2.00 bits per heavy atom. The molecule has 0 saturated heterocycles. The molecule has 2 aromatic rings. The van der Waals surface area contributed by atoms with E-state index in [1.807, 2.05) is 39.8 Å². The second kappa shape index (κ2) is 4.89. The van der Waals surface area contributed by atoms with Crippen molar-refractivity contribution < 1.29 is 0 Å². The third kappa shape index (κ3) is 2.76. The monoisotopic (exact) mass is 321 g/mol. The van der Waals surface area contributed by atoms with Crippen molar-refractivity contribution >= 4 is 15.9 Å². The minimum absolute atomic E-state index is 0.181. The maximum atomic E-state index is 12.0. The highest BCUT2D eigenvalue weighted by atomic mass is 79.9. The second-order valence-electron chi connectivity index (χ2n) is 5.50. The summed E-state index contributed by atoms with van der Waals surface area (Å²) in [5.74, 6) is 0.510. The number of rotatable bonds is 1. The Hall–Kier alpha value is -1.49. The average molecular weight is 322 g/mol. The average Bonchev–Trinajstić information content (AvgIpc) is 2.31. The van der Waals surface area contributed by atoms with Crippen LogP contribution in [0.2, 0.25) is 0 Å². The molecular formula is C14H16BrN3O. The van der Waals surface area contributed by atoms with E-state index in [9.17, 15) is 4.79 Å². The molecule has 0 aliphatic heterocycles. The number of aromatic amines is 1. The lowest BCUT2D eigenvalue weighted by atomic mass is 9.92. The third-order valence-electron chi connectivity index (χ3n) is 2.81. The minimum atomic E-state index is -0.218. The summed E-state index contributed by atoms with van der Waals surface area (Å²) in [5, 5.41) is 0. The van der Waals surface area contributed by atoms with E-state index >= 15 is 0 Å². The lowest BCUT2D eigenvalue weighted by Gasteiger charge is -2.19. The van der Waals surface area contributed by atoms with Crippen LogP contribution in [0.15, 0.2) is 27.6 Å². The molecule has 100 valence electrons. The van der Waals surface area contributed by atoms with E-state index in [2.05, 4.69) is 30.9 Å². The first-order valence-electron chi connectivity index (χ1n) is 6.03. The Kier molecular flexibility index (Phi) is 3.58. The van der Waals surface area contributed by atoms with Gasteiger partial charge in [-0.05, 0) is 34.5 Å². The molecule has 5 heteroatoms. The van der Waals surface area contributed by atoms with Crippen LogP contribution in [0.4, 0.5) is 0 Å². The normalized spacial score (nSPS) is 11.6. The Morgan fingerprint density at radius 3 is 2.58 bits per heavy atom. The highest BCUT2D eigenvalue weighted by molar-refractivity contribution is 9.10. The number of aromatic nitrogens is 3. The molecule has 4 nitrogen and oxygen atoms in total. The van der Waals surface area contributed by atoms with Gasteiger partial charge in [-0.25, -0.2) is 4.98 Å². The summed E-state index contributed by atoms with van der Waals surface area (Å²) in [6, 6.07) is 3.81. The molecule has 2 rings (SSSR count). The summed E-state index contributed by atoms with van der Waals surface area (Å²) in [5.41, 5.74) is 2.02. The standard InChI is InChI=1S/C14H16BrN3O/c1-8-6-5-7-16-10(8)12-17-11(14(2,3)4)9(15)13(19)18-12/h5-7H,1-4H3,(H,17,18,19). The zero-order valence-corrected chi connectivity index (χ0v) is 13.0. The number of nitrogens with one attached hydrogen (secondary N) is 1. The number of hydrogen-bond acceptors (Lipinski definition) is 3. The summed E-state index contributed by atoms with van der Waals surface area (Å²) in [6.45, 7) is 8.01. The molecule has 0 aromatic carbocycles. The highest BCUT2D eigenvalue weighted by Crippen LogP contribution is 2.27. The van der Waals surface area contributed by atoms with Crippen molar-refractivity contribution in [2.24, 2.45) is 0 Å². The predicted octanol–water partition coefficient (Wildman–Crippen LogP) is 3.20. The van der Waals surface area contributed by atoms with E-state index in [1.165, 1.54) is 0 Å². The minimum Gasteiger partial charge on any atom is -0.304 e. The van der Waals surface area contributed by atoms with Crippen molar-refractivity contribution in [2.75, 3.05) is 0 Å². The summed E-state index contributed by atoms with van der Waals surface area (Å²) in [7, 11) is 0. The summed E-state index contributed by atoms with van der Waals surface area (Å²) in [4.78, 5) is 23.7. The number of pyridine rings is 1.